The molecule has 2 fully saturated rings. The Morgan fingerprint density at radius 1 is 0.867 bits per heavy atom. The van der Waals surface area contributed by atoms with Crippen LogP contribution in [0.25, 0.3) is 10.9 Å². The minimum atomic E-state index is -0.593. The van der Waals surface area contributed by atoms with Crippen LogP contribution in [0.2, 0.25) is 5.02 Å². The van der Waals surface area contributed by atoms with Crippen molar-refractivity contribution in [3.63, 3.8) is 0 Å². The summed E-state index contributed by atoms with van der Waals surface area (Å²) in [5.74, 6) is 1.59. The van der Waals surface area contributed by atoms with E-state index in [2.05, 4.69) is 104 Å². The van der Waals surface area contributed by atoms with Crippen LogP contribution in [0.15, 0.2) is 108 Å². The number of halogens is 2. The van der Waals surface area contributed by atoms with Crippen molar-refractivity contribution < 1.29 is 9.53 Å². The number of hydrogen-bond acceptors (Lipinski definition) is 6. The molecule has 3 aliphatic rings. The number of nitrogens with zero attached hydrogens (tertiary/aromatic N) is 5. The molecule has 45 heavy (non-hydrogen) atoms. The predicted molar refractivity (Wildman–Crippen MR) is 180 cm³/mol. The first-order valence-corrected chi connectivity index (χ1v) is 16.5. The fraction of sp³-hybridized carbons (Fsp3) is 0.250. The van der Waals surface area contributed by atoms with Crippen LogP contribution in [0, 0.1) is 0 Å². The highest BCUT2D eigenvalue weighted by Gasteiger charge is 2.57. The fourth-order valence-electron chi connectivity index (χ4n) is 7.32. The molecule has 0 spiro atoms. The number of carbonyl (C=O) groups excluding carboxylic acids is 1. The van der Waals surface area contributed by atoms with Gasteiger partial charge in [0.25, 0.3) is 0 Å². The topological polar surface area (TPSA) is 61.6 Å². The Hall–Kier alpha value is -3.98. The largest absolute Gasteiger partial charge is 0.491 e. The monoisotopic (exact) mass is 679 g/mol. The van der Waals surface area contributed by atoms with Crippen LogP contribution in [0.5, 0.6) is 5.75 Å². The average Bonchev–Trinajstić information content (AvgIpc) is 3.88. The predicted octanol–water partition coefficient (Wildman–Crippen LogP) is 6.52. The maximum atomic E-state index is 14.4. The van der Waals surface area contributed by atoms with Gasteiger partial charge in [-0.25, -0.2) is 9.97 Å². The minimum Gasteiger partial charge on any atom is -0.491 e. The number of carbonyl (C=O) groups is 1. The van der Waals surface area contributed by atoms with Crippen LogP contribution >= 0.6 is 27.5 Å². The van der Waals surface area contributed by atoms with Gasteiger partial charge < -0.3 is 14.5 Å². The summed E-state index contributed by atoms with van der Waals surface area (Å²) in [6.07, 6.45) is 2.34. The van der Waals surface area contributed by atoms with E-state index in [9.17, 15) is 4.79 Å². The molecule has 7 nitrogen and oxygen atoms in total. The zero-order valence-corrected chi connectivity index (χ0v) is 26.9. The first-order valence-electron chi connectivity index (χ1n) is 15.3. The average molecular weight is 681 g/mol. The Labute approximate surface area is 275 Å². The number of hydrogen-bond donors (Lipinski definition) is 0. The Morgan fingerprint density at radius 2 is 1.49 bits per heavy atom. The van der Waals surface area contributed by atoms with Crippen molar-refractivity contribution in [2.75, 3.05) is 37.7 Å². The maximum Gasteiger partial charge on any atom is 0.241 e. The third-order valence-electron chi connectivity index (χ3n) is 9.42. The first-order chi connectivity index (χ1) is 22.1. The molecule has 0 saturated carbocycles. The first kappa shape index (κ1) is 28.5. The molecule has 0 N–H and O–H groups in total. The molecule has 4 aromatic carbocycles. The number of benzene rings is 4. The Balaban J connectivity index is 1.12. The molecule has 5 aromatic rings. The molecule has 3 aliphatic heterocycles. The van der Waals surface area contributed by atoms with E-state index in [-0.39, 0.29) is 18.0 Å². The Morgan fingerprint density at radius 3 is 2.11 bits per heavy atom. The van der Waals surface area contributed by atoms with Gasteiger partial charge in [-0.15, -0.1) is 0 Å². The Kier molecular flexibility index (Phi) is 7.24. The van der Waals surface area contributed by atoms with E-state index in [1.54, 1.807) is 6.33 Å². The molecule has 1 unspecified atom stereocenters. The van der Waals surface area contributed by atoms with Crippen molar-refractivity contribution in [2.45, 2.75) is 24.0 Å². The molecule has 2 saturated heterocycles. The molecular formula is C36H31BrClN5O2. The summed E-state index contributed by atoms with van der Waals surface area (Å²) in [7, 11) is 0. The second kappa shape index (κ2) is 11.4. The molecule has 0 radical (unpaired) electrons. The summed E-state index contributed by atoms with van der Waals surface area (Å²) >= 11 is 10.2. The smallest absolute Gasteiger partial charge is 0.241 e. The summed E-state index contributed by atoms with van der Waals surface area (Å²) in [5.41, 5.74) is 3.63. The SMILES string of the molecule is O=C([C@H]1CN1C(c1ccccc1)(c1ccccc1)c1ccccc1)N1CCN2c3ncnc4cc(Br)c(Cl)c(c34)OCC[C@@H]2C1. The van der Waals surface area contributed by atoms with Gasteiger partial charge in [0.2, 0.25) is 5.91 Å². The van der Waals surface area contributed by atoms with Gasteiger partial charge in [-0.2, -0.15) is 0 Å². The van der Waals surface area contributed by atoms with Gasteiger partial charge in [0.1, 0.15) is 18.2 Å². The van der Waals surface area contributed by atoms with Crippen molar-refractivity contribution >= 4 is 50.2 Å². The number of piperazine rings is 1. The van der Waals surface area contributed by atoms with Crippen LogP contribution in [-0.2, 0) is 10.3 Å². The lowest BCUT2D eigenvalue weighted by atomic mass is 9.76. The lowest BCUT2D eigenvalue weighted by Crippen LogP contribution is -2.57. The van der Waals surface area contributed by atoms with Gasteiger partial charge in [0.05, 0.1) is 34.1 Å². The zero-order chi connectivity index (χ0) is 30.5. The highest BCUT2D eigenvalue weighted by atomic mass is 79.9. The summed E-state index contributed by atoms with van der Waals surface area (Å²) in [6.45, 7) is 3.05. The molecule has 8 rings (SSSR count). The van der Waals surface area contributed by atoms with E-state index in [0.717, 1.165) is 44.3 Å². The molecule has 0 aliphatic carbocycles. The molecule has 1 aromatic heterocycles. The van der Waals surface area contributed by atoms with Crippen molar-refractivity contribution in [1.29, 1.82) is 0 Å². The van der Waals surface area contributed by atoms with Crippen molar-refractivity contribution in [1.82, 2.24) is 19.8 Å². The third-order valence-corrected chi connectivity index (χ3v) is 10.7. The van der Waals surface area contributed by atoms with Crippen molar-refractivity contribution in [3.8, 4) is 5.75 Å². The maximum absolute atomic E-state index is 14.4. The standard InChI is InChI=1S/C36H31BrClN5O2/c37-28-20-29-31-33(32(28)38)45-19-16-27-21-41(17-18-42(27)34(31)40-23-39-29)35(44)30-22-43(30)36(24-10-4-1-5-11-24,25-12-6-2-7-13-25)26-14-8-3-9-15-26/h1-15,20,23,27,30H,16-19,21-22H2/t27-,30-,43?/m1/s1. The number of rotatable bonds is 5. The quantitative estimate of drug-likeness (QED) is 0.156. The molecule has 0 bridgehead atoms. The number of fused-ring (bicyclic) bond motifs is 2. The molecule has 9 heteroatoms. The van der Waals surface area contributed by atoms with Gasteiger partial charge in [0, 0.05) is 37.1 Å². The van der Waals surface area contributed by atoms with E-state index in [1.807, 2.05) is 29.2 Å². The summed E-state index contributed by atoms with van der Waals surface area (Å²) in [5, 5.41) is 1.35. The van der Waals surface area contributed by atoms with E-state index in [0.29, 0.717) is 43.6 Å². The third kappa shape index (κ3) is 4.69. The van der Waals surface area contributed by atoms with E-state index >= 15 is 0 Å². The lowest BCUT2D eigenvalue weighted by Gasteiger charge is -2.44. The number of aromatic nitrogens is 2. The van der Waals surface area contributed by atoms with Crippen LogP contribution in [0.4, 0.5) is 5.82 Å². The molecule has 3 atom stereocenters. The summed E-state index contributed by atoms with van der Waals surface area (Å²) in [4.78, 5) is 30.3. The van der Waals surface area contributed by atoms with Gasteiger partial charge in [0.15, 0.2) is 5.75 Å². The normalized spacial score (nSPS) is 21.0. The van der Waals surface area contributed by atoms with E-state index in [1.165, 1.54) is 0 Å². The Bertz CT molecular complexity index is 1780. The highest BCUT2D eigenvalue weighted by molar-refractivity contribution is 9.10. The number of ether oxygens (including phenoxy) is 1. The van der Waals surface area contributed by atoms with Crippen molar-refractivity contribution in [3.05, 3.63) is 130 Å². The van der Waals surface area contributed by atoms with Gasteiger partial charge in [-0.3, -0.25) is 9.69 Å². The van der Waals surface area contributed by atoms with Gasteiger partial charge >= 0.3 is 0 Å². The second-order valence-corrected chi connectivity index (χ2v) is 13.1. The number of anilines is 1. The molecule has 1 amide bonds. The van der Waals surface area contributed by atoms with Crippen molar-refractivity contribution in [2.24, 2.45) is 0 Å². The van der Waals surface area contributed by atoms with E-state index in [4.69, 9.17) is 21.3 Å². The van der Waals surface area contributed by atoms with Gasteiger partial charge in [-0.1, -0.05) is 103 Å². The molecule has 226 valence electrons. The van der Waals surface area contributed by atoms with Crippen LogP contribution < -0.4 is 9.64 Å². The van der Waals surface area contributed by atoms with Crippen LogP contribution in [0.1, 0.15) is 23.1 Å². The number of amides is 1. The highest BCUT2D eigenvalue weighted by Crippen LogP contribution is 2.49. The summed E-state index contributed by atoms with van der Waals surface area (Å²) in [6, 6.07) is 33.4. The second-order valence-electron chi connectivity index (χ2n) is 11.8. The van der Waals surface area contributed by atoms with Gasteiger partial charge in [-0.05, 0) is 38.7 Å². The van der Waals surface area contributed by atoms with E-state index < -0.39 is 5.54 Å². The zero-order valence-electron chi connectivity index (χ0n) is 24.5. The van der Waals surface area contributed by atoms with Crippen LogP contribution in [0.3, 0.4) is 0 Å². The summed E-state index contributed by atoms with van der Waals surface area (Å²) < 4.78 is 6.99. The minimum absolute atomic E-state index is 0.0608. The molecular weight excluding hydrogens is 650 g/mol. The lowest BCUT2D eigenvalue weighted by molar-refractivity contribution is -0.132. The molecule has 4 heterocycles. The van der Waals surface area contributed by atoms with Crippen LogP contribution in [-0.4, -0.2) is 70.5 Å². The fourth-order valence-corrected chi connectivity index (χ4v) is 7.92.